The second kappa shape index (κ2) is 7.54. The van der Waals surface area contributed by atoms with Crippen LogP contribution in [0.1, 0.15) is 5.56 Å². The molecule has 140 valence electrons. The Morgan fingerprint density at radius 1 is 1.04 bits per heavy atom. The maximum absolute atomic E-state index is 11.2. The van der Waals surface area contributed by atoms with Gasteiger partial charge >= 0.3 is 6.16 Å². The molecule has 0 bridgehead atoms. The summed E-state index contributed by atoms with van der Waals surface area (Å²) in [6.07, 6.45) is 0.341. The summed E-state index contributed by atoms with van der Waals surface area (Å²) in [7, 11) is 0. The van der Waals surface area contributed by atoms with Crippen molar-refractivity contribution in [1.82, 2.24) is 9.55 Å². The monoisotopic (exact) mass is 412 g/mol. The summed E-state index contributed by atoms with van der Waals surface area (Å²) in [5.41, 5.74) is 3.37. The number of rotatable bonds is 4. The maximum Gasteiger partial charge on any atom is 0.512 e. The average Bonchev–Trinajstić information content (AvgIpc) is 3.02. The van der Waals surface area contributed by atoms with Gasteiger partial charge in [-0.3, -0.25) is 4.98 Å². The molecule has 0 aliphatic rings. The highest BCUT2D eigenvalue weighted by Crippen LogP contribution is 2.34. The third-order valence-electron chi connectivity index (χ3n) is 4.37. The lowest BCUT2D eigenvalue weighted by Gasteiger charge is -2.11. The molecule has 0 saturated carbocycles. The number of hydrogen-bond donors (Lipinski definition) is 1. The number of aromatic nitrogens is 2. The van der Waals surface area contributed by atoms with Gasteiger partial charge in [-0.25, -0.2) is 4.79 Å². The van der Waals surface area contributed by atoms with E-state index in [0.717, 1.165) is 27.7 Å². The Labute approximate surface area is 170 Å². The minimum atomic E-state index is -1.38. The molecule has 0 radical (unpaired) electrons. The van der Waals surface area contributed by atoms with E-state index in [4.69, 9.17) is 33.0 Å². The highest BCUT2D eigenvalue weighted by atomic mass is 35.5. The normalized spacial score (nSPS) is 10.9. The van der Waals surface area contributed by atoms with Crippen LogP contribution in [0.2, 0.25) is 10.0 Å². The predicted octanol–water partition coefficient (Wildman–Crippen LogP) is 6.12. The van der Waals surface area contributed by atoms with Crippen LogP contribution in [-0.4, -0.2) is 20.8 Å². The Bertz CT molecular complexity index is 1170. The zero-order chi connectivity index (χ0) is 19.7. The molecule has 4 aromatic rings. The summed E-state index contributed by atoms with van der Waals surface area (Å²) >= 11 is 12.1. The van der Waals surface area contributed by atoms with E-state index in [1.165, 1.54) is 0 Å². The number of carboxylic acid groups (broad SMARTS) is 1. The Kier molecular flexibility index (Phi) is 4.94. The lowest BCUT2D eigenvalue weighted by Crippen LogP contribution is -2.09. The van der Waals surface area contributed by atoms with E-state index in [-0.39, 0.29) is 5.88 Å². The second-order valence-corrected chi connectivity index (χ2v) is 6.95. The molecule has 0 aliphatic heterocycles. The van der Waals surface area contributed by atoms with Crippen LogP contribution >= 0.6 is 23.2 Å². The highest BCUT2D eigenvalue weighted by Gasteiger charge is 2.17. The van der Waals surface area contributed by atoms with E-state index in [1.54, 1.807) is 29.0 Å². The summed E-state index contributed by atoms with van der Waals surface area (Å²) in [6, 6.07) is 18.4. The van der Waals surface area contributed by atoms with Gasteiger partial charge in [-0.1, -0.05) is 47.5 Å². The number of ether oxygens (including phenoxy) is 1. The number of nitrogens with zero attached hydrogens (tertiary/aromatic N) is 2. The molecule has 0 spiro atoms. The van der Waals surface area contributed by atoms with Crippen molar-refractivity contribution in [1.29, 1.82) is 0 Å². The number of fused-ring (bicyclic) bond motifs is 1. The molecular weight excluding hydrogens is 399 g/mol. The van der Waals surface area contributed by atoms with Crippen LogP contribution < -0.4 is 4.74 Å². The van der Waals surface area contributed by atoms with Crippen LogP contribution in [0.15, 0.2) is 66.9 Å². The molecule has 0 saturated heterocycles. The van der Waals surface area contributed by atoms with Crippen LogP contribution in [-0.2, 0) is 6.54 Å². The van der Waals surface area contributed by atoms with E-state index in [1.807, 2.05) is 42.5 Å². The maximum atomic E-state index is 11.2. The smallest absolute Gasteiger partial charge is 0.449 e. The van der Waals surface area contributed by atoms with Crippen LogP contribution in [0.3, 0.4) is 0 Å². The van der Waals surface area contributed by atoms with Gasteiger partial charge in [-0.15, -0.1) is 0 Å². The summed E-state index contributed by atoms with van der Waals surface area (Å²) in [6.45, 7) is 0.370. The Hall–Kier alpha value is -3.02. The number of halogens is 2. The van der Waals surface area contributed by atoms with Crippen LogP contribution in [0.5, 0.6) is 5.88 Å². The molecule has 7 heteroatoms. The Balaban J connectivity index is 1.88. The van der Waals surface area contributed by atoms with Gasteiger partial charge < -0.3 is 14.4 Å². The predicted molar refractivity (Wildman–Crippen MR) is 109 cm³/mol. The SMILES string of the molecule is O=C(O)Oc1cc2c(-c3ccccn3)cccc2n1Cc1ccc(Cl)c(Cl)c1. The van der Waals surface area contributed by atoms with Crippen molar-refractivity contribution in [2.24, 2.45) is 0 Å². The fraction of sp³-hybridized carbons (Fsp3) is 0.0476. The molecule has 0 fully saturated rings. The van der Waals surface area contributed by atoms with Gasteiger partial charge in [0.1, 0.15) is 0 Å². The van der Waals surface area contributed by atoms with Gasteiger partial charge in [0, 0.05) is 23.2 Å². The van der Waals surface area contributed by atoms with Gasteiger partial charge in [0.25, 0.3) is 0 Å². The molecular formula is C21H14Cl2N2O3. The molecule has 4 rings (SSSR count). The molecule has 1 N–H and O–H groups in total. The number of hydrogen-bond acceptors (Lipinski definition) is 3. The summed E-state index contributed by atoms with van der Waals surface area (Å²) in [5.74, 6) is 0.219. The standard InChI is InChI=1S/C21H14Cl2N2O3/c22-16-8-7-13(10-17(16)23)12-25-19-6-3-4-14(18-5-1-2-9-24-18)15(19)11-20(25)28-21(26)27/h1-11H,12H2,(H,26,27). The first-order valence-electron chi connectivity index (χ1n) is 8.41. The van der Waals surface area contributed by atoms with Crippen molar-refractivity contribution in [3.05, 3.63) is 82.5 Å². The Morgan fingerprint density at radius 3 is 2.61 bits per heavy atom. The fourth-order valence-electron chi connectivity index (χ4n) is 3.16. The third kappa shape index (κ3) is 3.54. The van der Waals surface area contributed by atoms with Crippen LogP contribution in [0.4, 0.5) is 4.79 Å². The summed E-state index contributed by atoms with van der Waals surface area (Å²) in [5, 5.41) is 10.9. The number of benzene rings is 2. The zero-order valence-electron chi connectivity index (χ0n) is 14.5. The van der Waals surface area contributed by atoms with Gasteiger partial charge in [-0.05, 0) is 35.9 Å². The third-order valence-corrected chi connectivity index (χ3v) is 5.10. The first kappa shape index (κ1) is 18.3. The molecule has 0 aliphatic carbocycles. The molecule has 28 heavy (non-hydrogen) atoms. The van der Waals surface area contributed by atoms with Crippen LogP contribution in [0, 0.1) is 0 Å². The topological polar surface area (TPSA) is 64.3 Å². The second-order valence-electron chi connectivity index (χ2n) is 6.14. The largest absolute Gasteiger partial charge is 0.512 e. The van der Waals surface area contributed by atoms with Crippen molar-refractivity contribution in [2.45, 2.75) is 6.54 Å². The minimum absolute atomic E-state index is 0.219. The zero-order valence-corrected chi connectivity index (χ0v) is 16.0. The van der Waals surface area contributed by atoms with Crippen molar-refractivity contribution in [3.63, 3.8) is 0 Å². The Morgan fingerprint density at radius 2 is 1.89 bits per heavy atom. The van der Waals surface area contributed by atoms with E-state index in [9.17, 15) is 4.79 Å². The van der Waals surface area contributed by atoms with Crippen molar-refractivity contribution < 1.29 is 14.6 Å². The van der Waals surface area contributed by atoms with Crippen LogP contribution in [0.25, 0.3) is 22.2 Å². The van der Waals surface area contributed by atoms with Gasteiger partial charge in [0.2, 0.25) is 5.88 Å². The van der Waals surface area contributed by atoms with Crippen molar-refractivity contribution >= 4 is 40.3 Å². The highest BCUT2D eigenvalue weighted by molar-refractivity contribution is 6.42. The van der Waals surface area contributed by atoms with Gasteiger partial charge in [-0.2, -0.15) is 0 Å². The van der Waals surface area contributed by atoms with E-state index < -0.39 is 6.16 Å². The molecule has 0 amide bonds. The number of carbonyl (C=O) groups is 1. The van der Waals surface area contributed by atoms with Crippen molar-refractivity contribution in [2.75, 3.05) is 0 Å². The lowest BCUT2D eigenvalue weighted by molar-refractivity contribution is 0.141. The molecule has 0 atom stereocenters. The van der Waals surface area contributed by atoms with E-state index in [2.05, 4.69) is 4.98 Å². The van der Waals surface area contributed by atoms with Crippen molar-refractivity contribution in [3.8, 4) is 17.1 Å². The first-order valence-corrected chi connectivity index (χ1v) is 9.17. The molecule has 2 aromatic carbocycles. The minimum Gasteiger partial charge on any atom is -0.449 e. The van der Waals surface area contributed by atoms with Gasteiger partial charge in [0.15, 0.2) is 0 Å². The molecule has 0 unspecified atom stereocenters. The summed E-state index contributed by atoms with van der Waals surface area (Å²) < 4.78 is 6.83. The molecule has 2 heterocycles. The quantitative estimate of drug-likeness (QED) is 0.410. The van der Waals surface area contributed by atoms with E-state index in [0.29, 0.717) is 16.6 Å². The molecule has 5 nitrogen and oxygen atoms in total. The number of pyridine rings is 1. The van der Waals surface area contributed by atoms with Gasteiger partial charge in [0.05, 0.1) is 27.8 Å². The molecule has 2 aromatic heterocycles. The summed E-state index contributed by atoms with van der Waals surface area (Å²) in [4.78, 5) is 15.6. The average molecular weight is 413 g/mol. The van der Waals surface area contributed by atoms with E-state index >= 15 is 0 Å². The first-order chi connectivity index (χ1) is 13.5. The fourth-order valence-corrected chi connectivity index (χ4v) is 3.48. The lowest BCUT2D eigenvalue weighted by atomic mass is 10.1.